The molecule has 0 saturated heterocycles. The Morgan fingerprint density at radius 1 is 0.923 bits per heavy atom. The van der Waals surface area contributed by atoms with E-state index in [-0.39, 0.29) is 0 Å². The number of hydrogen-bond acceptors (Lipinski definition) is 2. The van der Waals surface area contributed by atoms with Crippen LogP contribution in [0.4, 0.5) is 0 Å². The highest BCUT2D eigenvalue weighted by atomic mass is 16.4. The summed E-state index contributed by atoms with van der Waals surface area (Å²) in [6.07, 6.45) is 7.33. The van der Waals surface area contributed by atoms with E-state index >= 15 is 0 Å². The Balaban J connectivity index is 3.36. The van der Waals surface area contributed by atoms with Crippen molar-refractivity contribution in [2.45, 2.75) is 19.3 Å². The molecule has 0 heterocycles. The molecule has 4 nitrogen and oxygen atoms in total. The fraction of sp³-hybridized carbons (Fsp3) is 0.333. The quantitative estimate of drug-likeness (QED) is 0.483. The summed E-state index contributed by atoms with van der Waals surface area (Å²) in [5.74, 6) is -1.91. The van der Waals surface area contributed by atoms with Crippen LogP contribution >= 0.6 is 0 Å². The van der Waals surface area contributed by atoms with Gasteiger partial charge in [-0.3, -0.25) is 0 Å². The first-order chi connectivity index (χ1) is 6.13. The third-order valence-corrected chi connectivity index (χ3v) is 1.26. The van der Waals surface area contributed by atoms with E-state index in [1.54, 1.807) is 12.2 Å². The minimum absolute atomic E-state index is 0.649. The Morgan fingerprint density at radius 2 is 1.31 bits per heavy atom. The lowest BCUT2D eigenvalue weighted by Crippen LogP contribution is -1.86. The Bertz CT molecular complexity index is 204. The maximum atomic E-state index is 10.00. The molecule has 0 spiro atoms. The largest absolute Gasteiger partial charge is 0.478 e. The number of carboxylic acids is 2. The standard InChI is InChI=1S/C9H12O4/c10-8(11)6-4-2-1-3-5-7-9(12)13/h4-7H,1-3H2,(H,10,11)(H,12,13). The van der Waals surface area contributed by atoms with Crippen molar-refractivity contribution in [1.82, 2.24) is 0 Å². The molecule has 2 N–H and O–H groups in total. The van der Waals surface area contributed by atoms with Crippen LogP contribution in [0.25, 0.3) is 0 Å². The van der Waals surface area contributed by atoms with Gasteiger partial charge in [0.1, 0.15) is 0 Å². The van der Waals surface area contributed by atoms with Gasteiger partial charge in [0.2, 0.25) is 0 Å². The normalized spacial score (nSPS) is 11.1. The van der Waals surface area contributed by atoms with Gasteiger partial charge >= 0.3 is 11.9 Å². The molecular weight excluding hydrogens is 172 g/mol. The predicted molar refractivity (Wildman–Crippen MR) is 47.4 cm³/mol. The molecule has 72 valence electrons. The van der Waals surface area contributed by atoms with Crippen molar-refractivity contribution in [3.63, 3.8) is 0 Å². The fourth-order valence-electron chi connectivity index (χ4n) is 0.722. The number of carboxylic acid groups (broad SMARTS) is 2. The Labute approximate surface area is 76.2 Å². The van der Waals surface area contributed by atoms with E-state index in [1.807, 2.05) is 0 Å². The monoisotopic (exact) mass is 184 g/mol. The van der Waals surface area contributed by atoms with Crippen LogP contribution in [0.5, 0.6) is 0 Å². The van der Waals surface area contributed by atoms with Crippen molar-refractivity contribution in [3.05, 3.63) is 24.3 Å². The second-order valence-electron chi connectivity index (χ2n) is 2.41. The first-order valence-corrected chi connectivity index (χ1v) is 3.92. The summed E-state index contributed by atoms with van der Waals surface area (Å²) < 4.78 is 0. The highest BCUT2D eigenvalue weighted by Gasteiger charge is 1.86. The van der Waals surface area contributed by atoms with Crippen molar-refractivity contribution < 1.29 is 19.8 Å². The lowest BCUT2D eigenvalue weighted by atomic mass is 10.2. The zero-order valence-corrected chi connectivity index (χ0v) is 7.14. The van der Waals surface area contributed by atoms with E-state index < -0.39 is 11.9 Å². The summed E-state index contributed by atoms with van der Waals surface area (Å²) in [5, 5.41) is 16.4. The molecule has 0 aliphatic carbocycles. The highest BCUT2D eigenvalue weighted by Crippen LogP contribution is 1.97. The summed E-state index contributed by atoms with van der Waals surface area (Å²) in [5.41, 5.74) is 0. The number of carbonyl (C=O) groups is 2. The molecule has 0 rings (SSSR count). The van der Waals surface area contributed by atoms with Gasteiger partial charge in [0.25, 0.3) is 0 Å². The molecule has 0 bridgehead atoms. The summed E-state index contributed by atoms with van der Waals surface area (Å²) in [6.45, 7) is 0. The molecule has 0 saturated carbocycles. The Kier molecular flexibility index (Phi) is 6.23. The van der Waals surface area contributed by atoms with Gasteiger partial charge in [0, 0.05) is 12.2 Å². The number of aliphatic carboxylic acids is 2. The van der Waals surface area contributed by atoms with Crippen LogP contribution in [0.3, 0.4) is 0 Å². The van der Waals surface area contributed by atoms with Crippen LogP contribution in [0.15, 0.2) is 24.3 Å². The molecule has 0 atom stereocenters. The highest BCUT2D eigenvalue weighted by molar-refractivity contribution is 5.80. The minimum atomic E-state index is -0.957. The van der Waals surface area contributed by atoms with Crippen molar-refractivity contribution >= 4 is 11.9 Å². The number of unbranched alkanes of at least 4 members (excludes halogenated alkanes) is 2. The summed E-state index contributed by atoms with van der Waals surface area (Å²) in [7, 11) is 0. The van der Waals surface area contributed by atoms with Crippen LogP contribution < -0.4 is 0 Å². The number of hydrogen-bond donors (Lipinski definition) is 2. The van der Waals surface area contributed by atoms with Crippen LogP contribution in [-0.4, -0.2) is 22.2 Å². The van der Waals surface area contributed by atoms with Gasteiger partial charge in [-0.05, 0) is 19.3 Å². The fourth-order valence-corrected chi connectivity index (χ4v) is 0.722. The van der Waals surface area contributed by atoms with Gasteiger partial charge in [-0.15, -0.1) is 0 Å². The second kappa shape index (κ2) is 7.09. The lowest BCUT2D eigenvalue weighted by Gasteiger charge is -1.88. The smallest absolute Gasteiger partial charge is 0.327 e. The summed E-state index contributed by atoms with van der Waals surface area (Å²) in [6, 6.07) is 0. The van der Waals surface area contributed by atoms with E-state index in [2.05, 4.69) is 0 Å². The third kappa shape index (κ3) is 10.4. The molecule has 0 aromatic rings. The van der Waals surface area contributed by atoms with Crippen molar-refractivity contribution in [1.29, 1.82) is 0 Å². The number of rotatable bonds is 6. The van der Waals surface area contributed by atoms with Crippen LogP contribution in [0, 0.1) is 0 Å². The first-order valence-electron chi connectivity index (χ1n) is 3.92. The molecule has 0 unspecified atom stereocenters. The minimum Gasteiger partial charge on any atom is -0.478 e. The average Bonchev–Trinajstić information content (AvgIpc) is 2.01. The zero-order valence-electron chi connectivity index (χ0n) is 7.14. The molecular formula is C9H12O4. The molecule has 4 heteroatoms. The van der Waals surface area contributed by atoms with Crippen molar-refractivity contribution in [3.8, 4) is 0 Å². The maximum absolute atomic E-state index is 10.00. The van der Waals surface area contributed by atoms with Crippen molar-refractivity contribution in [2.24, 2.45) is 0 Å². The van der Waals surface area contributed by atoms with Gasteiger partial charge in [-0.2, -0.15) is 0 Å². The lowest BCUT2D eigenvalue weighted by molar-refractivity contribution is -0.132. The average molecular weight is 184 g/mol. The van der Waals surface area contributed by atoms with Crippen LogP contribution in [0.2, 0.25) is 0 Å². The second-order valence-corrected chi connectivity index (χ2v) is 2.41. The topological polar surface area (TPSA) is 74.6 Å². The molecule has 0 aliphatic heterocycles. The van der Waals surface area contributed by atoms with Gasteiger partial charge in [-0.1, -0.05) is 12.2 Å². The first kappa shape index (κ1) is 11.4. The molecule has 13 heavy (non-hydrogen) atoms. The van der Waals surface area contributed by atoms with E-state index in [0.29, 0.717) is 12.8 Å². The van der Waals surface area contributed by atoms with Gasteiger partial charge in [-0.25, -0.2) is 9.59 Å². The molecule has 0 amide bonds. The third-order valence-electron chi connectivity index (χ3n) is 1.26. The molecule has 0 aromatic carbocycles. The van der Waals surface area contributed by atoms with E-state index in [1.165, 1.54) is 0 Å². The van der Waals surface area contributed by atoms with Crippen molar-refractivity contribution in [2.75, 3.05) is 0 Å². The Hall–Kier alpha value is -1.58. The van der Waals surface area contributed by atoms with Crippen LogP contribution in [0.1, 0.15) is 19.3 Å². The molecule has 0 fully saturated rings. The zero-order chi connectivity index (χ0) is 10.1. The van der Waals surface area contributed by atoms with Gasteiger partial charge < -0.3 is 10.2 Å². The summed E-state index contributed by atoms with van der Waals surface area (Å²) >= 11 is 0. The predicted octanol–water partition coefficient (Wildman–Crippen LogP) is 1.44. The van der Waals surface area contributed by atoms with Crippen LogP contribution in [-0.2, 0) is 9.59 Å². The SMILES string of the molecule is O=C(O)C=CCCCC=CC(=O)O. The molecule has 0 radical (unpaired) electrons. The summed E-state index contributed by atoms with van der Waals surface area (Å²) in [4.78, 5) is 20.0. The van der Waals surface area contributed by atoms with E-state index in [0.717, 1.165) is 18.6 Å². The van der Waals surface area contributed by atoms with Gasteiger partial charge in [0.05, 0.1) is 0 Å². The van der Waals surface area contributed by atoms with E-state index in [9.17, 15) is 9.59 Å². The van der Waals surface area contributed by atoms with E-state index in [4.69, 9.17) is 10.2 Å². The molecule has 0 aromatic heterocycles. The van der Waals surface area contributed by atoms with Gasteiger partial charge in [0.15, 0.2) is 0 Å². The Morgan fingerprint density at radius 3 is 1.62 bits per heavy atom. The maximum Gasteiger partial charge on any atom is 0.327 e. The molecule has 0 aliphatic rings. The number of allylic oxidation sites excluding steroid dienone is 2.